The Hall–Kier alpha value is -2.08. The van der Waals surface area contributed by atoms with E-state index in [0.717, 1.165) is 30.4 Å². The van der Waals surface area contributed by atoms with Crippen molar-refractivity contribution in [2.75, 3.05) is 0 Å². The van der Waals surface area contributed by atoms with Gasteiger partial charge in [-0.1, -0.05) is 36.4 Å². The molecule has 1 aliphatic carbocycles. The Morgan fingerprint density at radius 2 is 2.10 bits per heavy atom. The number of allylic oxidation sites excluding steroid dienone is 1. The van der Waals surface area contributed by atoms with Crippen molar-refractivity contribution in [3.63, 3.8) is 0 Å². The van der Waals surface area contributed by atoms with E-state index in [0.29, 0.717) is 6.54 Å². The van der Waals surface area contributed by atoms with Gasteiger partial charge in [-0.25, -0.2) is 0 Å². The zero-order valence-corrected chi connectivity index (χ0v) is 11.9. The molecule has 0 radical (unpaired) electrons. The summed E-state index contributed by atoms with van der Waals surface area (Å²) in [7, 11) is 0. The molecule has 3 nitrogen and oxygen atoms in total. The minimum atomic E-state index is -0.423. The van der Waals surface area contributed by atoms with Gasteiger partial charge in [0.15, 0.2) is 0 Å². The van der Waals surface area contributed by atoms with E-state index in [1.807, 2.05) is 30.3 Å². The fraction of sp³-hybridized carbons (Fsp3) is 0.412. The van der Waals surface area contributed by atoms with Crippen LogP contribution in [0.4, 0.5) is 0 Å². The van der Waals surface area contributed by atoms with Gasteiger partial charge in [0.1, 0.15) is 6.04 Å². The lowest BCUT2D eigenvalue weighted by molar-refractivity contribution is -0.130. The van der Waals surface area contributed by atoms with E-state index >= 15 is 0 Å². The molecule has 1 aromatic rings. The molecule has 1 amide bonds. The van der Waals surface area contributed by atoms with E-state index in [1.165, 1.54) is 13.3 Å². The third-order valence-corrected chi connectivity index (χ3v) is 3.71. The van der Waals surface area contributed by atoms with Crippen LogP contribution in [0.15, 0.2) is 42.0 Å². The Morgan fingerprint density at radius 1 is 1.35 bits per heavy atom. The maximum absolute atomic E-state index is 11.9. The molecule has 0 heterocycles. The van der Waals surface area contributed by atoms with Gasteiger partial charge in [-0.05, 0) is 36.8 Å². The number of hydrogen-bond donors (Lipinski definition) is 0. The van der Waals surface area contributed by atoms with Crippen LogP contribution in [0, 0.1) is 11.3 Å². The van der Waals surface area contributed by atoms with Crippen molar-refractivity contribution in [3.8, 4) is 6.07 Å². The van der Waals surface area contributed by atoms with Crippen LogP contribution in [-0.4, -0.2) is 16.8 Å². The van der Waals surface area contributed by atoms with Gasteiger partial charge in [0.25, 0.3) is 0 Å². The zero-order valence-electron chi connectivity index (χ0n) is 11.9. The summed E-state index contributed by atoms with van der Waals surface area (Å²) in [5.74, 6) is -0.0492. The molecule has 1 aliphatic rings. The number of nitrogens with zero attached hydrogens (tertiary/aromatic N) is 2. The third kappa shape index (κ3) is 3.48. The second-order valence-electron chi connectivity index (χ2n) is 5.19. The number of carbonyl (C=O) groups excluding carboxylic acids is 1. The zero-order chi connectivity index (χ0) is 14.4. The highest BCUT2D eigenvalue weighted by Crippen LogP contribution is 2.24. The molecule has 1 atom stereocenters. The van der Waals surface area contributed by atoms with Crippen molar-refractivity contribution < 1.29 is 4.79 Å². The van der Waals surface area contributed by atoms with E-state index in [9.17, 15) is 10.1 Å². The Bertz CT molecular complexity index is 528. The normalized spacial score (nSPS) is 15.9. The van der Waals surface area contributed by atoms with Crippen molar-refractivity contribution in [1.82, 2.24) is 4.90 Å². The molecule has 0 fully saturated rings. The first-order valence-corrected chi connectivity index (χ1v) is 7.12. The van der Waals surface area contributed by atoms with Gasteiger partial charge in [0.2, 0.25) is 5.91 Å². The highest BCUT2D eigenvalue weighted by Gasteiger charge is 2.25. The summed E-state index contributed by atoms with van der Waals surface area (Å²) >= 11 is 0. The van der Waals surface area contributed by atoms with Gasteiger partial charge in [0.05, 0.1) is 6.07 Å². The fourth-order valence-electron chi connectivity index (χ4n) is 2.63. The molecule has 0 aliphatic heterocycles. The first-order valence-electron chi connectivity index (χ1n) is 7.12. The summed E-state index contributed by atoms with van der Waals surface area (Å²) in [4.78, 5) is 13.6. The first-order chi connectivity index (χ1) is 9.72. The average molecular weight is 268 g/mol. The lowest BCUT2D eigenvalue weighted by Gasteiger charge is -2.29. The molecule has 3 heteroatoms. The fourth-order valence-corrected chi connectivity index (χ4v) is 2.63. The Balaban J connectivity index is 2.20. The number of benzene rings is 1. The van der Waals surface area contributed by atoms with E-state index in [2.05, 4.69) is 12.1 Å². The van der Waals surface area contributed by atoms with Crippen LogP contribution in [0.3, 0.4) is 0 Å². The summed E-state index contributed by atoms with van der Waals surface area (Å²) < 4.78 is 0. The van der Waals surface area contributed by atoms with Crippen LogP contribution in [0.25, 0.3) is 0 Å². The number of nitriles is 1. The predicted octanol–water partition coefficient (Wildman–Crippen LogP) is 3.43. The van der Waals surface area contributed by atoms with Crippen molar-refractivity contribution in [1.29, 1.82) is 5.26 Å². The summed E-state index contributed by atoms with van der Waals surface area (Å²) in [6.45, 7) is 2.03. The number of amides is 1. The second-order valence-corrected chi connectivity index (χ2v) is 5.19. The number of carbonyl (C=O) groups is 1. The first kappa shape index (κ1) is 14.3. The maximum Gasteiger partial charge on any atom is 0.221 e. The quantitative estimate of drug-likeness (QED) is 0.785. The SMILES string of the molecule is CC(=O)N(Cc1ccccc1)C(C#N)C1=CCCCC1. The van der Waals surface area contributed by atoms with Crippen molar-refractivity contribution in [3.05, 3.63) is 47.5 Å². The molecule has 1 aromatic carbocycles. The van der Waals surface area contributed by atoms with Crippen molar-refractivity contribution >= 4 is 5.91 Å². The molecule has 0 saturated heterocycles. The molecule has 0 N–H and O–H groups in total. The summed E-state index contributed by atoms with van der Waals surface area (Å²) in [6.07, 6.45) is 6.38. The van der Waals surface area contributed by atoms with Crippen molar-refractivity contribution in [2.24, 2.45) is 0 Å². The molecule has 0 bridgehead atoms. The maximum atomic E-state index is 11.9. The van der Waals surface area contributed by atoms with Crippen LogP contribution in [0.5, 0.6) is 0 Å². The second kappa shape index (κ2) is 6.91. The van der Waals surface area contributed by atoms with Gasteiger partial charge in [0, 0.05) is 13.5 Å². The lowest BCUT2D eigenvalue weighted by Crippen LogP contribution is -2.39. The summed E-state index contributed by atoms with van der Waals surface area (Å²) in [5, 5.41) is 9.49. The van der Waals surface area contributed by atoms with Gasteiger partial charge in [-0.3, -0.25) is 4.79 Å². The van der Waals surface area contributed by atoms with Crippen LogP contribution < -0.4 is 0 Å². The molecule has 0 saturated carbocycles. The summed E-state index contributed by atoms with van der Waals surface area (Å²) in [5.41, 5.74) is 2.16. The molecular formula is C17H20N2O. The molecule has 0 spiro atoms. The number of rotatable bonds is 4. The van der Waals surface area contributed by atoms with Crippen molar-refractivity contribution in [2.45, 2.75) is 45.2 Å². The highest BCUT2D eigenvalue weighted by atomic mass is 16.2. The minimum absolute atomic E-state index is 0.0492. The van der Waals surface area contributed by atoms with Gasteiger partial charge in [-0.15, -0.1) is 0 Å². The number of hydrogen-bond acceptors (Lipinski definition) is 2. The van der Waals surface area contributed by atoms with Gasteiger partial charge in [-0.2, -0.15) is 5.26 Å². The summed E-state index contributed by atoms with van der Waals surface area (Å²) in [6, 6.07) is 11.7. The minimum Gasteiger partial charge on any atom is -0.319 e. The average Bonchev–Trinajstić information content (AvgIpc) is 2.49. The molecule has 20 heavy (non-hydrogen) atoms. The molecule has 1 unspecified atom stereocenters. The monoisotopic (exact) mass is 268 g/mol. The van der Waals surface area contributed by atoms with E-state index in [4.69, 9.17) is 0 Å². The Labute approximate surface area is 120 Å². The largest absolute Gasteiger partial charge is 0.319 e. The van der Waals surface area contributed by atoms with E-state index < -0.39 is 6.04 Å². The lowest BCUT2D eigenvalue weighted by atomic mass is 9.93. The van der Waals surface area contributed by atoms with Crippen LogP contribution >= 0.6 is 0 Å². The third-order valence-electron chi connectivity index (χ3n) is 3.71. The smallest absolute Gasteiger partial charge is 0.221 e. The standard InChI is InChI=1S/C17H20N2O/c1-14(20)19(13-15-8-4-2-5-9-15)17(12-18)16-10-6-3-7-11-16/h2,4-5,8-10,17H,3,6-7,11,13H2,1H3. The molecule has 104 valence electrons. The van der Waals surface area contributed by atoms with Crippen LogP contribution in [0.1, 0.15) is 38.2 Å². The molecular weight excluding hydrogens is 248 g/mol. The van der Waals surface area contributed by atoms with Crippen LogP contribution in [-0.2, 0) is 11.3 Å². The topological polar surface area (TPSA) is 44.1 Å². The van der Waals surface area contributed by atoms with Gasteiger partial charge < -0.3 is 4.90 Å². The molecule has 0 aromatic heterocycles. The van der Waals surface area contributed by atoms with Crippen LogP contribution in [0.2, 0.25) is 0 Å². The van der Waals surface area contributed by atoms with E-state index in [-0.39, 0.29) is 5.91 Å². The van der Waals surface area contributed by atoms with E-state index in [1.54, 1.807) is 4.90 Å². The molecule has 2 rings (SSSR count). The Morgan fingerprint density at radius 3 is 2.65 bits per heavy atom. The Kier molecular flexibility index (Phi) is 4.95. The predicted molar refractivity (Wildman–Crippen MR) is 78.6 cm³/mol. The van der Waals surface area contributed by atoms with Gasteiger partial charge >= 0.3 is 0 Å². The highest BCUT2D eigenvalue weighted by molar-refractivity contribution is 5.74.